The van der Waals surface area contributed by atoms with Crippen molar-refractivity contribution in [2.45, 2.75) is 64.9 Å². The zero-order valence-electron chi connectivity index (χ0n) is 16.6. The van der Waals surface area contributed by atoms with Crippen LogP contribution in [-0.4, -0.2) is 38.4 Å². The predicted molar refractivity (Wildman–Crippen MR) is 101 cm³/mol. The number of carbonyl (C=O) groups excluding carboxylic acids is 1. The highest BCUT2D eigenvalue weighted by Crippen LogP contribution is 2.30. The lowest BCUT2D eigenvalue weighted by molar-refractivity contribution is 0.00821. The Hall–Kier alpha value is -2.61. The molecule has 2 heterocycles. The summed E-state index contributed by atoms with van der Waals surface area (Å²) in [5.74, 6) is 1.46. The molecule has 28 heavy (non-hydrogen) atoms. The first-order valence-corrected chi connectivity index (χ1v) is 9.50. The van der Waals surface area contributed by atoms with Gasteiger partial charge in [0.25, 0.3) is 5.89 Å². The van der Waals surface area contributed by atoms with Crippen molar-refractivity contribution in [2.24, 2.45) is 0 Å². The Morgan fingerprint density at radius 3 is 2.71 bits per heavy atom. The number of hydrogen-bond donors (Lipinski definition) is 1. The number of aliphatic hydroxyl groups excluding tert-OH is 1. The van der Waals surface area contributed by atoms with E-state index in [2.05, 4.69) is 10.1 Å². The number of likely N-dealkylation sites (tertiary alicyclic amines) is 1. The van der Waals surface area contributed by atoms with E-state index in [1.807, 2.05) is 20.8 Å². The van der Waals surface area contributed by atoms with Crippen LogP contribution in [0.3, 0.4) is 0 Å². The molecule has 1 aromatic heterocycles. The molecule has 1 saturated heterocycles. The number of aromatic nitrogens is 2. The average molecular weight is 389 g/mol. The highest BCUT2D eigenvalue weighted by atomic mass is 16.6. The third kappa shape index (κ3) is 5.22. The van der Waals surface area contributed by atoms with Gasteiger partial charge in [-0.3, -0.25) is 4.90 Å². The van der Waals surface area contributed by atoms with E-state index in [9.17, 15) is 4.79 Å². The molecule has 1 aliphatic heterocycles. The quantitative estimate of drug-likeness (QED) is 0.834. The molecule has 1 fully saturated rings. The smallest absolute Gasteiger partial charge is 0.410 e. The van der Waals surface area contributed by atoms with Crippen LogP contribution >= 0.6 is 0 Å². The summed E-state index contributed by atoms with van der Waals surface area (Å²) in [4.78, 5) is 18.6. The van der Waals surface area contributed by atoms with E-state index in [1.54, 1.807) is 29.2 Å². The second kappa shape index (κ2) is 8.60. The third-order valence-corrected chi connectivity index (χ3v) is 4.38. The molecule has 0 radical (unpaired) electrons. The SMILES string of the molecule is CC(C)(C)OC(=O)N1CCCC[C@H]1c1noc(COc2ccc(CO)cc2)n1. The molecule has 0 aliphatic carbocycles. The Kier molecular flexibility index (Phi) is 6.18. The van der Waals surface area contributed by atoms with Crippen LogP contribution < -0.4 is 4.74 Å². The number of piperidine rings is 1. The van der Waals surface area contributed by atoms with E-state index in [4.69, 9.17) is 19.1 Å². The summed E-state index contributed by atoms with van der Waals surface area (Å²) in [5.41, 5.74) is 0.257. The highest BCUT2D eigenvalue weighted by Gasteiger charge is 2.34. The average Bonchev–Trinajstić information content (AvgIpc) is 3.14. The molecule has 0 unspecified atom stereocenters. The largest absolute Gasteiger partial charge is 0.484 e. The maximum Gasteiger partial charge on any atom is 0.410 e. The van der Waals surface area contributed by atoms with Gasteiger partial charge in [-0.1, -0.05) is 17.3 Å². The lowest BCUT2D eigenvalue weighted by Crippen LogP contribution is -2.42. The predicted octanol–water partition coefficient (Wildman–Crippen LogP) is 3.60. The van der Waals surface area contributed by atoms with Crippen molar-refractivity contribution in [3.63, 3.8) is 0 Å². The van der Waals surface area contributed by atoms with Crippen LogP contribution in [0.2, 0.25) is 0 Å². The topological polar surface area (TPSA) is 97.9 Å². The fourth-order valence-corrected chi connectivity index (χ4v) is 3.04. The minimum atomic E-state index is -0.555. The minimum Gasteiger partial charge on any atom is -0.484 e. The minimum absolute atomic E-state index is 0.0111. The van der Waals surface area contributed by atoms with E-state index < -0.39 is 5.60 Å². The number of carbonyl (C=O) groups is 1. The van der Waals surface area contributed by atoms with Crippen molar-refractivity contribution in [3.05, 3.63) is 41.5 Å². The Morgan fingerprint density at radius 1 is 1.29 bits per heavy atom. The first kappa shape index (κ1) is 20.1. The lowest BCUT2D eigenvalue weighted by atomic mass is 10.0. The van der Waals surface area contributed by atoms with E-state index in [-0.39, 0.29) is 25.3 Å². The molecule has 1 amide bonds. The highest BCUT2D eigenvalue weighted by molar-refractivity contribution is 5.68. The van der Waals surface area contributed by atoms with Crippen LogP contribution in [0.1, 0.15) is 63.4 Å². The molecule has 1 atom stereocenters. The van der Waals surface area contributed by atoms with Crippen LogP contribution in [0.15, 0.2) is 28.8 Å². The van der Waals surface area contributed by atoms with Gasteiger partial charge in [0.15, 0.2) is 12.4 Å². The zero-order valence-corrected chi connectivity index (χ0v) is 16.6. The molecule has 8 nitrogen and oxygen atoms in total. The molecule has 8 heteroatoms. The van der Waals surface area contributed by atoms with Crippen LogP contribution in [0.4, 0.5) is 4.79 Å². The van der Waals surface area contributed by atoms with Gasteiger partial charge in [0.05, 0.1) is 12.6 Å². The van der Waals surface area contributed by atoms with Gasteiger partial charge >= 0.3 is 6.09 Å². The first-order chi connectivity index (χ1) is 13.4. The van der Waals surface area contributed by atoms with Crippen LogP contribution in [0, 0.1) is 0 Å². The molecule has 1 aliphatic rings. The van der Waals surface area contributed by atoms with Crippen molar-refractivity contribution in [1.29, 1.82) is 0 Å². The Labute approximate surface area is 164 Å². The Morgan fingerprint density at radius 2 is 2.04 bits per heavy atom. The van der Waals surface area contributed by atoms with Crippen LogP contribution in [0.5, 0.6) is 5.75 Å². The van der Waals surface area contributed by atoms with Crippen molar-refractivity contribution in [1.82, 2.24) is 15.0 Å². The molecular weight excluding hydrogens is 362 g/mol. The molecule has 1 N–H and O–H groups in total. The number of hydrogen-bond acceptors (Lipinski definition) is 7. The summed E-state index contributed by atoms with van der Waals surface area (Å²) in [6.07, 6.45) is 2.32. The monoisotopic (exact) mass is 389 g/mol. The molecule has 152 valence electrons. The van der Waals surface area contributed by atoms with Crippen LogP contribution in [0.25, 0.3) is 0 Å². The summed E-state index contributed by atoms with van der Waals surface area (Å²) in [7, 11) is 0. The van der Waals surface area contributed by atoms with Gasteiger partial charge in [-0.2, -0.15) is 4.98 Å². The molecule has 1 aromatic carbocycles. The number of rotatable bonds is 5. The summed E-state index contributed by atoms with van der Waals surface area (Å²) in [6, 6.07) is 6.86. The lowest BCUT2D eigenvalue weighted by Gasteiger charge is -2.35. The standard InChI is InChI=1S/C20H27N3O5/c1-20(2,3)27-19(25)23-11-5-4-6-16(23)18-21-17(28-22-18)13-26-15-9-7-14(12-24)8-10-15/h7-10,16,24H,4-6,11-13H2,1-3H3/t16-/m0/s1. The Bertz CT molecular complexity index is 782. The van der Waals surface area contributed by atoms with E-state index >= 15 is 0 Å². The molecule has 0 saturated carbocycles. The molecule has 3 rings (SSSR count). The van der Waals surface area contributed by atoms with Gasteiger partial charge in [0, 0.05) is 6.54 Å². The van der Waals surface area contributed by atoms with Crippen molar-refractivity contribution in [3.8, 4) is 5.75 Å². The van der Waals surface area contributed by atoms with Crippen molar-refractivity contribution >= 4 is 6.09 Å². The van der Waals surface area contributed by atoms with E-state index in [0.29, 0.717) is 24.0 Å². The summed E-state index contributed by atoms with van der Waals surface area (Å²) in [6.45, 7) is 6.27. The van der Waals surface area contributed by atoms with Gasteiger partial charge in [-0.15, -0.1) is 0 Å². The fraction of sp³-hybridized carbons (Fsp3) is 0.550. The van der Waals surface area contributed by atoms with Gasteiger partial charge in [0.1, 0.15) is 11.4 Å². The maximum atomic E-state index is 12.5. The molecule has 2 aromatic rings. The molecule has 0 bridgehead atoms. The van der Waals surface area contributed by atoms with Crippen LogP contribution in [-0.2, 0) is 18.0 Å². The number of ether oxygens (including phenoxy) is 2. The van der Waals surface area contributed by atoms with Gasteiger partial charge in [-0.05, 0) is 57.7 Å². The van der Waals surface area contributed by atoms with Gasteiger partial charge < -0.3 is 19.1 Å². The Balaban J connectivity index is 1.64. The number of amides is 1. The van der Waals surface area contributed by atoms with E-state index in [0.717, 1.165) is 24.8 Å². The first-order valence-electron chi connectivity index (χ1n) is 9.50. The molecule has 0 spiro atoms. The number of nitrogens with zero attached hydrogens (tertiary/aromatic N) is 3. The molecular formula is C20H27N3O5. The summed E-state index contributed by atoms with van der Waals surface area (Å²) < 4.78 is 16.5. The summed E-state index contributed by atoms with van der Waals surface area (Å²) in [5, 5.41) is 13.1. The van der Waals surface area contributed by atoms with Gasteiger partial charge in [0.2, 0.25) is 0 Å². The third-order valence-electron chi connectivity index (χ3n) is 4.38. The summed E-state index contributed by atoms with van der Waals surface area (Å²) >= 11 is 0. The van der Waals surface area contributed by atoms with E-state index in [1.165, 1.54) is 0 Å². The number of benzene rings is 1. The number of aliphatic hydroxyl groups is 1. The van der Waals surface area contributed by atoms with Crippen molar-refractivity contribution < 1.29 is 23.9 Å². The normalized spacial score (nSPS) is 17.4. The second-order valence-corrected chi connectivity index (χ2v) is 7.82. The van der Waals surface area contributed by atoms with Crippen molar-refractivity contribution in [2.75, 3.05) is 6.54 Å². The maximum absolute atomic E-state index is 12.5. The zero-order chi connectivity index (χ0) is 20.1. The second-order valence-electron chi connectivity index (χ2n) is 7.82. The fourth-order valence-electron chi connectivity index (χ4n) is 3.04. The van der Waals surface area contributed by atoms with Gasteiger partial charge in [-0.25, -0.2) is 4.79 Å².